The van der Waals surface area contributed by atoms with Crippen LogP contribution in [0, 0.1) is 5.82 Å². The molecule has 2 aromatic carbocycles. The standard InChI is InChI=1S/C16H10ClFN2O/c17-15-11-6-2-1-5-10(11)12(9-19-15)16(21)20-14-8-4-3-7-13(14)18/h1-9H,(H,20,21). The van der Waals surface area contributed by atoms with Crippen LogP contribution in [0.15, 0.2) is 54.7 Å². The van der Waals surface area contributed by atoms with Crippen LogP contribution in [0.1, 0.15) is 10.4 Å². The molecule has 0 aliphatic rings. The van der Waals surface area contributed by atoms with E-state index in [0.717, 1.165) is 0 Å². The zero-order valence-corrected chi connectivity index (χ0v) is 11.6. The minimum atomic E-state index is -0.489. The fourth-order valence-electron chi connectivity index (χ4n) is 2.09. The van der Waals surface area contributed by atoms with E-state index < -0.39 is 11.7 Å². The summed E-state index contributed by atoms with van der Waals surface area (Å²) in [5.74, 6) is -0.919. The van der Waals surface area contributed by atoms with E-state index in [0.29, 0.717) is 21.5 Å². The second-order valence-electron chi connectivity index (χ2n) is 4.44. The van der Waals surface area contributed by atoms with Gasteiger partial charge in [0.05, 0.1) is 11.3 Å². The van der Waals surface area contributed by atoms with Gasteiger partial charge in [0.25, 0.3) is 5.91 Å². The number of hydrogen-bond donors (Lipinski definition) is 1. The van der Waals surface area contributed by atoms with Crippen molar-refractivity contribution in [1.29, 1.82) is 0 Å². The van der Waals surface area contributed by atoms with Crippen molar-refractivity contribution in [3.05, 3.63) is 71.3 Å². The zero-order valence-electron chi connectivity index (χ0n) is 10.8. The number of amides is 1. The molecular formula is C16H10ClFN2O. The number of halogens is 2. The molecule has 3 rings (SSSR count). The normalized spacial score (nSPS) is 10.6. The molecule has 5 heteroatoms. The summed E-state index contributed by atoms with van der Waals surface area (Å²) in [6, 6.07) is 13.2. The fourth-order valence-corrected chi connectivity index (χ4v) is 2.30. The van der Waals surface area contributed by atoms with Gasteiger partial charge in [-0.3, -0.25) is 4.79 Å². The third-order valence-corrected chi connectivity index (χ3v) is 3.41. The van der Waals surface area contributed by atoms with Crippen molar-refractivity contribution in [2.45, 2.75) is 0 Å². The Hall–Kier alpha value is -2.46. The zero-order chi connectivity index (χ0) is 14.8. The summed E-state index contributed by atoms with van der Waals surface area (Å²) in [6.45, 7) is 0. The molecule has 0 spiro atoms. The van der Waals surface area contributed by atoms with Crippen LogP contribution in [-0.4, -0.2) is 10.9 Å². The van der Waals surface area contributed by atoms with Gasteiger partial charge in [0.15, 0.2) is 0 Å². The van der Waals surface area contributed by atoms with Gasteiger partial charge in [-0.25, -0.2) is 9.37 Å². The summed E-state index contributed by atoms with van der Waals surface area (Å²) in [5, 5.41) is 4.22. The second-order valence-corrected chi connectivity index (χ2v) is 4.80. The van der Waals surface area contributed by atoms with Crippen LogP contribution >= 0.6 is 11.6 Å². The number of para-hydroxylation sites is 1. The van der Waals surface area contributed by atoms with Gasteiger partial charge in [-0.15, -0.1) is 0 Å². The molecule has 1 amide bonds. The molecule has 3 nitrogen and oxygen atoms in total. The highest BCUT2D eigenvalue weighted by Crippen LogP contribution is 2.25. The predicted octanol–water partition coefficient (Wildman–Crippen LogP) is 4.28. The van der Waals surface area contributed by atoms with Crippen LogP contribution in [0.2, 0.25) is 5.15 Å². The lowest BCUT2D eigenvalue weighted by Gasteiger charge is -2.09. The van der Waals surface area contributed by atoms with Crippen LogP contribution in [0.25, 0.3) is 10.8 Å². The highest BCUT2D eigenvalue weighted by molar-refractivity contribution is 6.35. The number of pyridine rings is 1. The highest BCUT2D eigenvalue weighted by atomic mass is 35.5. The third-order valence-electron chi connectivity index (χ3n) is 3.11. The summed E-state index contributed by atoms with van der Waals surface area (Å²) in [6.07, 6.45) is 1.39. The average Bonchev–Trinajstić information content (AvgIpc) is 2.50. The summed E-state index contributed by atoms with van der Waals surface area (Å²) in [7, 11) is 0. The Bertz CT molecular complexity index is 835. The summed E-state index contributed by atoms with van der Waals surface area (Å²) in [5.41, 5.74) is 0.472. The SMILES string of the molecule is O=C(Nc1ccccc1F)c1cnc(Cl)c2ccccc12. The first-order chi connectivity index (χ1) is 10.2. The largest absolute Gasteiger partial charge is 0.319 e. The molecule has 0 fully saturated rings. The van der Waals surface area contributed by atoms with E-state index in [9.17, 15) is 9.18 Å². The Labute approximate surface area is 125 Å². The van der Waals surface area contributed by atoms with Gasteiger partial charge in [-0.1, -0.05) is 48.0 Å². The molecule has 104 valence electrons. The molecule has 0 saturated heterocycles. The van der Waals surface area contributed by atoms with Crippen LogP contribution in [0.5, 0.6) is 0 Å². The third kappa shape index (κ3) is 2.58. The molecule has 0 aliphatic heterocycles. The van der Waals surface area contributed by atoms with E-state index in [1.165, 1.54) is 18.3 Å². The first kappa shape index (κ1) is 13.5. The molecule has 0 aliphatic carbocycles. The Morgan fingerprint density at radius 2 is 1.71 bits per heavy atom. The Morgan fingerprint density at radius 1 is 1.05 bits per heavy atom. The summed E-state index contributed by atoms with van der Waals surface area (Å²) < 4.78 is 13.6. The smallest absolute Gasteiger partial charge is 0.257 e. The lowest BCUT2D eigenvalue weighted by atomic mass is 10.1. The van der Waals surface area contributed by atoms with E-state index in [-0.39, 0.29) is 5.69 Å². The van der Waals surface area contributed by atoms with Crippen molar-refractivity contribution in [2.24, 2.45) is 0 Å². The van der Waals surface area contributed by atoms with Crippen molar-refractivity contribution >= 4 is 34.0 Å². The molecule has 0 bridgehead atoms. The Kier molecular flexibility index (Phi) is 3.54. The van der Waals surface area contributed by atoms with Crippen LogP contribution < -0.4 is 5.32 Å². The summed E-state index contributed by atoms with van der Waals surface area (Å²) in [4.78, 5) is 16.3. The lowest BCUT2D eigenvalue weighted by molar-refractivity contribution is 0.102. The highest BCUT2D eigenvalue weighted by Gasteiger charge is 2.14. The van der Waals surface area contributed by atoms with Gasteiger partial charge in [0.2, 0.25) is 0 Å². The summed E-state index contributed by atoms with van der Waals surface area (Å²) >= 11 is 6.02. The van der Waals surface area contributed by atoms with Crippen LogP contribution in [0.4, 0.5) is 10.1 Å². The molecule has 3 aromatic rings. The van der Waals surface area contributed by atoms with Crippen LogP contribution in [-0.2, 0) is 0 Å². The van der Waals surface area contributed by atoms with Gasteiger partial charge in [0, 0.05) is 11.6 Å². The van der Waals surface area contributed by atoms with Gasteiger partial charge in [-0.2, -0.15) is 0 Å². The maximum atomic E-state index is 13.6. The van der Waals surface area contributed by atoms with Gasteiger partial charge in [-0.05, 0) is 17.5 Å². The maximum absolute atomic E-state index is 13.6. The Balaban J connectivity index is 2.03. The number of rotatable bonds is 2. The van der Waals surface area contributed by atoms with Crippen molar-refractivity contribution in [2.75, 3.05) is 5.32 Å². The van der Waals surface area contributed by atoms with Gasteiger partial charge >= 0.3 is 0 Å². The first-order valence-corrected chi connectivity index (χ1v) is 6.64. The number of anilines is 1. The van der Waals surface area contributed by atoms with E-state index in [1.807, 2.05) is 6.07 Å². The Morgan fingerprint density at radius 3 is 2.48 bits per heavy atom. The molecule has 0 unspecified atom stereocenters. The van der Waals surface area contributed by atoms with Crippen LogP contribution in [0.3, 0.4) is 0 Å². The molecule has 21 heavy (non-hydrogen) atoms. The molecule has 1 aromatic heterocycles. The van der Waals surface area contributed by atoms with Crippen molar-refractivity contribution < 1.29 is 9.18 Å². The van der Waals surface area contributed by atoms with E-state index >= 15 is 0 Å². The number of nitrogens with zero attached hydrogens (tertiary/aromatic N) is 1. The van der Waals surface area contributed by atoms with Crippen molar-refractivity contribution in [3.8, 4) is 0 Å². The predicted molar refractivity (Wildman–Crippen MR) is 81.1 cm³/mol. The monoisotopic (exact) mass is 300 g/mol. The molecule has 1 heterocycles. The fraction of sp³-hybridized carbons (Fsp3) is 0. The number of nitrogens with one attached hydrogen (secondary N) is 1. The lowest BCUT2D eigenvalue weighted by Crippen LogP contribution is -2.13. The molecule has 1 N–H and O–H groups in total. The number of carbonyl (C=O) groups excluding carboxylic acids is 1. The van der Waals surface area contributed by atoms with E-state index in [2.05, 4.69) is 10.3 Å². The van der Waals surface area contributed by atoms with Gasteiger partial charge < -0.3 is 5.32 Å². The van der Waals surface area contributed by atoms with E-state index in [1.54, 1.807) is 30.3 Å². The number of fused-ring (bicyclic) bond motifs is 1. The van der Waals surface area contributed by atoms with Crippen molar-refractivity contribution in [3.63, 3.8) is 0 Å². The topological polar surface area (TPSA) is 42.0 Å². The molecular weight excluding hydrogens is 291 g/mol. The van der Waals surface area contributed by atoms with Crippen molar-refractivity contribution in [1.82, 2.24) is 4.98 Å². The molecule has 0 saturated carbocycles. The maximum Gasteiger partial charge on any atom is 0.257 e. The minimum Gasteiger partial charge on any atom is -0.319 e. The average molecular weight is 301 g/mol. The molecule has 0 atom stereocenters. The number of benzene rings is 2. The quantitative estimate of drug-likeness (QED) is 0.718. The van der Waals surface area contributed by atoms with E-state index in [4.69, 9.17) is 11.6 Å². The number of carbonyl (C=O) groups is 1. The number of hydrogen-bond acceptors (Lipinski definition) is 2. The van der Waals surface area contributed by atoms with Gasteiger partial charge in [0.1, 0.15) is 11.0 Å². The first-order valence-electron chi connectivity index (χ1n) is 6.26. The molecule has 0 radical (unpaired) electrons. The second kappa shape index (κ2) is 5.50. The minimum absolute atomic E-state index is 0.126. The number of aromatic nitrogens is 1.